The highest BCUT2D eigenvalue weighted by Crippen LogP contribution is 2.31. The van der Waals surface area contributed by atoms with E-state index in [1.165, 1.54) is 7.11 Å². The van der Waals surface area contributed by atoms with Crippen LogP contribution in [0.25, 0.3) is 0 Å². The molecule has 0 spiro atoms. The lowest BCUT2D eigenvalue weighted by Gasteiger charge is -2.10. The van der Waals surface area contributed by atoms with Gasteiger partial charge in [-0.15, -0.1) is 0 Å². The molecule has 1 aromatic rings. The van der Waals surface area contributed by atoms with Gasteiger partial charge in [0.15, 0.2) is 9.84 Å². The fraction of sp³-hybridized carbons (Fsp3) is 0.500. The van der Waals surface area contributed by atoms with Crippen LogP contribution >= 0.6 is 0 Å². The van der Waals surface area contributed by atoms with Crippen LogP contribution in [0.15, 0.2) is 12.3 Å². The summed E-state index contributed by atoms with van der Waals surface area (Å²) in [5.74, 6) is 0.847. The van der Waals surface area contributed by atoms with Crippen molar-refractivity contribution in [2.24, 2.45) is 0 Å². The van der Waals surface area contributed by atoms with E-state index in [2.05, 4.69) is 4.98 Å². The van der Waals surface area contributed by atoms with Crippen LogP contribution in [0.4, 0.5) is 5.69 Å². The van der Waals surface area contributed by atoms with Gasteiger partial charge in [-0.3, -0.25) is 0 Å². The summed E-state index contributed by atoms with van der Waals surface area (Å²) in [4.78, 5) is 4.05. The highest BCUT2D eigenvalue weighted by Gasteiger charge is 2.29. The zero-order valence-electron chi connectivity index (χ0n) is 9.01. The molecule has 1 saturated heterocycles. The molecule has 1 aromatic heterocycles. The van der Waals surface area contributed by atoms with Gasteiger partial charge in [-0.25, -0.2) is 13.4 Å². The molecule has 1 atom stereocenters. The molecule has 1 aliphatic rings. The molecule has 0 saturated carbocycles. The minimum Gasteiger partial charge on any atom is -0.480 e. The Morgan fingerprint density at radius 1 is 1.56 bits per heavy atom. The number of methoxy groups -OCH3 is 1. The first-order valence-corrected chi connectivity index (χ1v) is 6.84. The van der Waals surface area contributed by atoms with Gasteiger partial charge >= 0.3 is 0 Å². The molecule has 0 radical (unpaired) electrons. The largest absolute Gasteiger partial charge is 0.480 e. The van der Waals surface area contributed by atoms with Crippen LogP contribution in [0.3, 0.4) is 0 Å². The van der Waals surface area contributed by atoms with E-state index >= 15 is 0 Å². The Morgan fingerprint density at radius 2 is 2.31 bits per heavy atom. The number of anilines is 1. The Hall–Kier alpha value is -1.30. The van der Waals surface area contributed by atoms with Crippen LogP contribution in [0.5, 0.6) is 5.88 Å². The second-order valence-electron chi connectivity index (χ2n) is 3.97. The highest BCUT2D eigenvalue weighted by molar-refractivity contribution is 7.91. The number of nitrogens with two attached hydrogens (primary N) is 1. The number of aromatic nitrogens is 1. The molecule has 1 unspecified atom stereocenters. The molecule has 0 amide bonds. The number of sulfone groups is 1. The van der Waals surface area contributed by atoms with E-state index < -0.39 is 9.84 Å². The van der Waals surface area contributed by atoms with Crippen molar-refractivity contribution in [3.05, 3.63) is 17.8 Å². The number of hydrogen-bond donors (Lipinski definition) is 1. The van der Waals surface area contributed by atoms with E-state index in [0.29, 0.717) is 18.0 Å². The zero-order valence-corrected chi connectivity index (χ0v) is 9.83. The van der Waals surface area contributed by atoms with Crippen molar-refractivity contribution in [3.8, 4) is 5.88 Å². The van der Waals surface area contributed by atoms with Crippen molar-refractivity contribution in [1.82, 2.24) is 4.98 Å². The van der Waals surface area contributed by atoms with Gasteiger partial charge in [0, 0.05) is 12.1 Å². The molecule has 88 valence electrons. The number of hydrogen-bond acceptors (Lipinski definition) is 5. The Balaban J connectivity index is 2.26. The fourth-order valence-electron chi connectivity index (χ4n) is 1.94. The molecule has 5 nitrogen and oxygen atoms in total. The monoisotopic (exact) mass is 242 g/mol. The van der Waals surface area contributed by atoms with E-state index in [1.54, 1.807) is 12.3 Å². The Morgan fingerprint density at radius 3 is 2.81 bits per heavy atom. The molecule has 16 heavy (non-hydrogen) atoms. The SMILES string of the molecule is COc1ncc(C2CCS(=O)(=O)C2)cc1N. The van der Waals surface area contributed by atoms with Crippen LogP contribution in [-0.4, -0.2) is 32.0 Å². The lowest BCUT2D eigenvalue weighted by atomic mass is 10.0. The van der Waals surface area contributed by atoms with Crippen LogP contribution in [-0.2, 0) is 9.84 Å². The van der Waals surface area contributed by atoms with Gasteiger partial charge in [0.2, 0.25) is 5.88 Å². The third-order valence-corrected chi connectivity index (χ3v) is 4.57. The quantitative estimate of drug-likeness (QED) is 0.820. The summed E-state index contributed by atoms with van der Waals surface area (Å²) in [5.41, 5.74) is 7.05. The Bertz CT molecular complexity index is 499. The lowest BCUT2D eigenvalue weighted by molar-refractivity contribution is 0.400. The van der Waals surface area contributed by atoms with Crippen LogP contribution in [0.2, 0.25) is 0 Å². The van der Waals surface area contributed by atoms with Crippen LogP contribution < -0.4 is 10.5 Å². The molecule has 0 aromatic carbocycles. The maximum Gasteiger partial charge on any atom is 0.236 e. The summed E-state index contributed by atoms with van der Waals surface area (Å²) in [6, 6.07) is 1.75. The second kappa shape index (κ2) is 3.93. The van der Waals surface area contributed by atoms with Gasteiger partial charge in [-0.05, 0) is 18.1 Å². The normalized spacial score (nSPS) is 23.2. The number of ether oxygens (including phenoxy) is 1. The average molecular weight is 242 g/mol. The molecule has 2 N–H and O–H groups in total. The van der Waals surface area contributed by atoms with Gasteiger partial charge in [0.25, 0.3) is 0 Å². The first kappa shape index (κ1) is 11.2. The van der Waals surface area contributed by atoms with Gasteiger partial charge in [0.05, 0.1) is 24.3 Å². The first-order chi connectivity index (χ1) is 7.52. The molecular formula is C10H14N2O3S. The van der Waals surface area contributed by atoms with Crippen molar-refractivity contribution in [2.75, 3.05) is 24.3 Å². The molecule has 1 aliphatic heterocycles. The van der Waals surface area contributed by atoms with E-state index in [0.717, 1.165) is 5.56 Å². The van der Waals surface area contributed by atoms with Crippen LogP contribution in [0.1, 0.15) is 17.9 Å². The number of nitrogens with zero attached hydrogens (tertiary/aromatic N) is 1. The van der Waals surface area contributed by atoms with E-state index in [1.807, 2.05) is 0 Å². The Labute approximate surface area is 94.5 Å². The van der Waals surface area contributed by atoms with Crippen molar-refractivity contribution < 1.29 is 13.2 Å². The van der Waals surface area contributed by atoms with Gasteiger partial charge in [-0.1, -0.05) is 0 Å². The highest BCUT2D eigenvalue weighted by atomic mass is 32.2. The van der Waals surface area contributed by atoms with Gasteiger partial charge < -0.3 is 10.5 Å². The third kappa shape index (κ3) is 2.11. The van der Waals surface area contributed by atoms with E-state index in [4.69, 9.17) is 10.5 Å². The van der Waals surface area contributed by atoms with Crippen molar-refractivity contribution in [3.63, 3.8) is 0 Å². The molecule has 2 rings (SSSR count). The molecule has 0 bridgehead atoms. The fourth-order valence-corrected chi connectivity index (χ4v) is 3.72. The molecule has 2 heterocycles. The summed E-state index contributed by atoms with van der Waals surface area (Å²) in [5, 5.41) is 0. The predicted molar refractivity (Wildman–Crippen MR) is 61.2 cm³/mol. The van der Waals surface area contributed by atoms with E-state index in [9.17, 15) is 8.42 Å². The predicted octanol–water partition coefficient (Wildman–Crippen LogP) is 0.575. The minimum atomic E-state index is -2.87. The lowest BCUT2D eigenvalue weighted by Crippen LogP contribution is -2.05. The van der Waals surface area contributed by atoms with Crippen molar-refractivity contribution >= 4 is 15.5 Å². The maximum absolute atomic E-state index is 11.3. The number of nitrogen functional groups attached to an aromatic ring is 1. The maximum atomic E-state index is 11.3. The average Bonchev–Trinajstić information content (AvgIpc) is 2.59. The van der Waals surface area contributed by atoms with Crippen LogP contribution in [0, 0.1) is 0 Å². The molecule has 0 aliphatic carbocycles. The number of rotatable bonds is 2. The number of pyridine rings is 1. The van der Waals surface area contributed by atoms with Crippen molar-refractivity contribution in [1.29, 1.82) is 0 Å². The Kier molecular flexibility index (Phi) is 2.75. The molecular weight excluding hydrogens is 228 g/mol. The third-order valence-electron chi connectivity index (χ3n) is 2.80. The molecule has 1 fully saturated rings. The summed E-state index contributed by atoms with van der Waals surface area (Å²) in [7, 11) is -1.37. The first-order valence-electron chi connectivity index (χ1n) is 5.01. The zero-order chi connectivity index (χ0) is 11.8. The van der Waals surface area contributed by atoms with Gasteiger partial charge in [0.1, 0.15) is 0 Å². The summed E-state index contributed by atoms with van der Waals surface area (Å²) in [6.07, 6.45) is 2.29. The van der Waals surface area contributed by atoms with Crippen molar-refractivity contribution in [2.45, 2.75) is 12.3 Å². The standard InChI is InChI=1S/C10H14N2O3S/c1-15-10-9(11)4-8(5-12-10)7-2-3-16(13,14)6-7/h4-5,7H,2-3,6,11H2,1H3. The summed E-state index contributed by atoms with van der Waals surface area (Å²) < 4.78 is 27.6. The smallest absolute Gasteiger partial charge is 0.236 e. The minimum absolute atomic E-state index is 0.0192. The summed E-state index contributed by atoms with van der Waals surface area (Å²) >= 11 is 0. The topological polar surface area (TPSA) is 82.3 Å². The molecule has 6 heteroatoms. The second-order valence-corrected chi connectivity index (χ2v) is 6.20. The van der Waals surface area contributed by atoms with Gasteiger partial charge in [-0.2, -0.15) is 0 Å². The summed E-state index contributed by atoms with van der Waals surface area (Å²) in [6.45, 7) is 0. The van der Waals surface area contributed by atoms with E-state index in [-0.39, 0.29) is 17.4 Å².